The maximum atomic E-state index is 13.4. The van der Waals surface area contributed by atoms with Crippen molar-refractivity contribution in [1.82, 2.24) is 5.32 Å². The van der Waals surface area contributed by atoms with Crippen molar-refractivity contribution in [2.45, 2.75) is 30.9 Å². The van der Waals surface area contributed by atoms with E-state index in [0.717, 1.165) is 29.9 Å². The van der Waals surface area contributed by atoms with Gasteiger partial charge in [0.05, 0.1) is 0 Å². The second-order valence-corrected chi connectivity index (χ2v) is 6.27. The monoisotopic (exact) mass is 267 g/mol. The van der Waals surface area contributed by atoms with E-state index in [9.17, 15) is 4.39 Å². The van der Waals surface area contributed by atoms with Gasteiger partial charge in [-0.1, -0.05) is 6.07 Å². The van der Waals surface area contributed by atoms with Crippen molar-refractivity contribution >= 4 is 11.8 Å². The summed E-state index contributed by atoms with van der Waals surface area (Å²) >= 11 is 1.95. The highest BCUT2D eigenvalue weighted by atomic mass is 32.2. The van der Waals surface area contributed by atoms with Crippen LogP contribution >= 0.6 is 11.8 Å². The number of fused-ring (bicyclic) bond motifs is 1. The summed E-state index contributed by atoms with van der Waals surface area (Å²) in [4.78, 5) is 0. The van der Waals surface area contributed by atoms with Crippen molar-refractivity contribution in [3.05, 3.63) is 29.6 Å². The maximum Gasteiger partial charge on any atom is 0.127 e. The van der Waals surface area contributed by atoms with Crippen LogP contribution in [0, 0.1) is 5.82 Å². The van der Waals surface area contributed by atoms with Crippen LogP contribution in [0.3, 0.4) is 0 Å². The predicted molar refractivity (Wildman–Crippen MR) is 72.7 cm³/mol. The van der Waals surface area contributed by atoms with Crippen molar-refractivity contribution in [3.63, 3.8) is 0 Å². The summed E-state index contributed by atoms with van der Waals surface area (Å²) in [6, 6.07) is 5.15. The summed E-state index contributed by atoms with van der Waals surface area (Å²) in [6.45, 7) is 0. The predicted octanol–water partition coefficient (Wildman–Crippen LogP) is 3.13. The molecule has 3 rings (SSSR count). The lowest BCUT2D eigenvalue weighted by Crippen LogP contribution is -2.47. The fraction of sp³-hybridized carbons (Fsp3) is 0.571. The summed E-state index contributed by atoms with van der Waals surface area (Å²) in [5.41, 5.74) is 0.984. The van der Waals surface area contributed by atoms with Crippen molar-refractivity contribution < 1.29 is 9.13 Å². The van der Waals surface area contributed by atoms with Gasteiger partial charge in [-0.3, -0.25) is 0 Å². The Kier molecular flexibility index (Phi) is 3.24. The summed E-state index contributed by atoms with van der Waals surface area (Å²) < 4.78 is 19.5. The van der Waals surface area contributed by atoms with E-state index < -0.39 is 0 Å². The van der Waals surface area contributed by atoms with Gasteiger partial charge in [-0.05, 0) is 31.7 Å². The van der Waals surface area contributed by atoms with Crippen molar-refractivity contribution in [2.75, 3.05) is 18.6 Å². The Morgan fingerprint density at radius 3 is 3.11 bits per heavy atom. The van der Waals surface area contributed by atoms with Gasteiger partial charge >= 0.3 is 0 Å². The quantitative estimate of drug-likeness (QED) is 0.844. The summed E-state index contributed by atoms with van der Waals surface area (Å²) in [7, 11) is 1.97. The molecule has 18 heavy (non-hydrogen) atoms. The Balaban J connectivity index is 1.97. The molecular formula is C14H18FNOS. The SMILES string of the molecule is CNC1CC2(CCCSC2)Oc2cc(F)ccc21. The van der Waals surface area contributed by atoms with Gasteiger partial charge < -0.3 is 10.1 Å². The minimum Gasteiger partial charge on any atom is -0.486 e. The van der Waals surface area contributed by atoms with Crippen LogP contribution in [-0.4, -0.2) is 24.2 Å². The molecule has 1 fully saturated rings. The van der Waals surface area contributed by atoms with Crippen LogP contribution in [0.2, 0.25) is 0 Å². The largest absolute Gasteiger partial charge is 0.486 e. The van der Waals surface area contributed by atoms with E-state index in [1.807, 2.05) is 24.9 Å². The van der Waals surface area contributed by atoms with Gasteiger partial charge in [0.15, 0.2) is 0 Å². The lowest BCUT2D eigenvalue weighted by Gasteiger charge is -2.44. The van der Waals surface area contributed by atoms with Gasteiger partial charge in [-0.25, -0.2) is 4.39 Å². The van der Waals surface area contributed by atoms with Crippen LogP contribution in [0.25, 0.3) is 0 Å². The highest BCUT2D eigenvalue weighted by Crippen LogP contribution is 2.45. The fourth-order valence-corrected chi connectivity index (χ4v) is 4.15. The van der Waals surface area contributed by atoms with Crippen LogP contribution in [-0.2, 0) is 0 Å². The van der Waals surface area contributed by atoms with Crippen molar-refractivity contribution in [3.8, 4) is 5.75 Å². The number of hydrogen-bond acceptors (Lipinski definition) is 3. The van der Waals surface area contributed by atoms with E-state index in [1.165, 1.54) is 24.3 Å². The Morgan fingerprint density at radius 2 is 2.39 bits per heavy atom. The molecule has 1 N–H and O–H groups in total. The number of benzene rings is 1. The molecule has 98 valence electrons. The number of ether oxygens (including phenoxy) is 1. The van der Waals surface area contributed by atoms with Gasteiger partial charge in [0.2, 0.25) is 0 Å². The summed E-state index contributed by atoms with van der Waals surface area (Å²) in [5.74, 6) is 2.74. The van der Waals surface area contributed by atoms with E-state index >= 15 is 0 Å². The highest BCUT2D eigenvalue weighted by molar-refractivity contribution is 7.99. The molecule has 0 saturated carbocycles. The average Bonchev–Trinajstić information content (AvgIpc) is 2.38. The van der Waals surface area contributed by atoms with Crippen LogP contribution in [0.1, 0.15) is 30.9 Å². The van der Waals surface area contributed by atoms with E-state index in [4.69, 9.17) is 4.74 Å². The summed E-state index contributed by atoms with van der Waals surface area (Å²) in [5, 5.41) is 3.34. The molecule has 1 spiro atoms. The van der Waals surface area contributed by atoms with Gasteiger partial charge in [-0.15, -0.1) is 0 Å². The standard InChI is InChI=1S/C14H18FNOS/c1-16-12-8-14(5-2-6-18-9-14)17-13-7-10(15)3-4-11(12)13/h3-4,7,12,16H,2,5-6,8-9H2,1H3. The minimum atomic E-state index is -0.218. The number of thioether (sulfide) groups is 1. The second-order valence-electron chi connectivity index (χ2n) is 5.17. The molecular weight excluding hydrogens is 249 g/mol. The molecule has 2 aliphatic heterocycles. The molecule has 2 atom stereocenters. The molecule has 2 nitrogen and oxygen atoms in total. The van der Waals surface area contributed by atoms with Gasteiger partial charge in [0.1, 0.15) is 17.2 Å². The Morgan fingerprint density at radius 1 is 1.50 bits per heavy atom. The first-order chi connectivity index (χ1) is 8.72. The van der Waals surface area contributed by atoms with Crippen LogP contribution in [0.15, 0.2) is 18.2 Å². The average molecular weight is 267 g/mol. The molecule has 1 saturated heterocycles. The first-order valence-electron chi connectivity index (χ1n) is 6.46. The number of nitrogens with one attached hydrogen (secondary N) is 1. The van der Waals surface area contributed by atoms with Gasteiger partial charge in [0.25, 0.3) is 0 Å². The number of rotatable bonds is 1. The van der Waals surface area contributed by atoms with Crippen LogP contribution in [0.5, 0.6) is 5.75 Å². The Hall–Kier alpha value is -0.740. The van der Waals surface area contributed by atoms with Gasteiger partial charge in [-0.2, -0.15) is 11.8 Å². The molecule has 0 radical (unpaired) electrons. The fourth-order valence-electron chi connectivity index (χ4n) is 2.97. The molecule has 0 amide bonds. The van der Waals surface area contributed by atoms with E-state index in [1.54, 1.807) is 0 Å². The normalized spacial score (nSPS) is 30.9. The lowest BCUT2D eigenvalue weighted by atomic mass is 9.85. The van der Waals surface area contributed by atoms with Crippen LogP contribution in [0.4, 0.5) is 4.39 Å². The third-order valence-electron chi connectivity index (χ3n) is 3.89. The van der Waals surface area contributed by atoms with E-state index in [0.29, 0.717) is 0 Å². The molecule has 1 aromatic carbocycles. The number of halogens is 1. The first-order valence-corrected chi connectivity index (χ1v) is 7.61. The maximum absolute atomic E-state index is 13.4. The minimum absolute atomic E-state index is 0.0998. The van der Waals surface area contributed by atoms with E-state index in [2.05, 4.69) is 5.32 Å². The van der Waals surface area contributed by atoms with Gasteiger partial charge in [0, 0.05) is 29.8 Å². The number of hydrogen-bond donors (Lipinski definition) is 1. The molecule has 2 heterocycles. The Bertz CT molecular complexity index is 445. The molecule has 1 aromatic rings. The first kappa shape index (κ1) is 12.3. The Labute approximate surface area is 111 Å². The third-order valence-corrected chi connectivity index (χ3v) is 5.20. The molecule has 0 aromatic heterocycles. The van der Waals surface area contributed by atoms with Crippen LogP contribution < -0.4 is 10.1 Å². The zero-order valence-electron chi connectivity index (χ0n) is 10.5. The molecule has 0 aliphatic carbocycles. The topological polar surface area (TPSA) is 21.3 Å². The summed E-state index contributed by atoms with van der Waals surface area (Å²) in [6.07, 6.45) is 3.25. The third kappa shape index (κ3) is 2.12. The zero-order chi connectivity index (χ0) is 12.6. The van der Waals surface area contributed by atoms with Crippen molar-refractivity contribution in [1.29, 1.82) is 0 Å². The highest BCUT2D eigenvalue weighted by Gasteiger charge is 2.41. The lowest BCUT2D eigenvalue weighted by molar-refractivity contribution is 0.0421. The van der Waals surface area contributed by atoms with E-state index in [-0.39, 0.29) is 17.5 Å². The molecule has 0 bridgehead atoms. The molecule has 2 unspecified atom stereocenters. The zero-order valence-corrected chi connectivity index (χ0v) is 11.4. The van der Waals surface area contributed by atoms with Crippen molar-refractivity contribution in [2.24, 2.45) is 0 Å². The molecule has 2 aliphatic rings. The molecule has 4 heteroatoms. The second kappa shape index (κ2) is 4.74. The smallest absolute Gasteiger partial charge is 0.127 e.